The van der Waals surface area contributed by atoms with E-state index >= 15 is 0 Å². The minimum Gasteiger partial charge on any atom is -0.481 e. The fourth-order valence-electron chi connectivity index (χ4n) is 2.32. The molecule has 1 aromatic rings. The Morgan fingerprint density at radius 3 is 2.80 bits per heavy atom. The Kier molecular flexibility index (Phi) is 3.94. The summed E-state index contributed by atoms with van der Waals surface area (Å²) < 4.78 is 39.0. The van der Waals surface area contributed by atoms with Gasteiger partial charge in [0.05, 0.1) is 24.7 Å². The van der Waals surface area contributed by atoms with Crippen LogP contribution in [0.5, 0.6) is 5.88 Å². The SMILES string of the molecule is COc1cc(C)c(N2CC(CS(=O)(=O)F)CC2=O)cn1. The lowest BCUT2D eigenvalue weighted by Gasteiger charge is -2.18. The van der Waals surface area contributed by atoms with Crippen molar-refractivity contribution in [3.63, 3.8) is 0 Å². The van der Waals surface area contributed by atoms with Crippen LogP contribution >= 0.6 is 0 Å². The van der Waals surface area contributed by atoms with Gasteiger partial charge in [0.15, 0.2) is 0 Å². The highest BCUT2D eigenvalue weighted by Gasteiger charge is 2.34. The minimum atomic E-state index is -4.57. The van der Waals surface area contributed by atoms with Gasteiger partial charge in [-0.1, -0.05) is 0 Å². The van der Waals surface area contributed by atoms with Crippen LogP contribution in [0.2, 0.25) is 0 Å². The molecule has 0 aromatic carbocycles. The molecule has 2 heterocycles. The van der Waals surface area contributed by atoms with E-state index in [9.17, 15) is 17.1 Å². The van der Waals surface area contributed by atoms with Crippen LogP contribution in [0.3, 0.4) is 0 Å². The van der Waals surface area contributed by atoms with Gasteiger partial charge in [0.1, 0.15) is 0 Å². The number of methoxy groups -OCH3 is 1. The molecule has 1 aliphatic rings. The summed E-state index contributed by atoms with van der Waals surface area (Å²) in [5.41, 5.74) is 1.38. The summed E-state index contributed by atoms with van der Waals surface area (Å²) in [6.45, 7) is 1.98. The molecule has 6 nitrogen and oxygen atoms in total. The van der Waals surface area contributed by atoms with Gasteiger partial charge in [-0.25, -0.2) is 4.98 Å². The molecule has 0 bridgehead atoms. The second-order valence-corrected chi connectivity index (χ2v) is 6.20. The summed E-state index contributed by atoms with van der Waals surface area (Å²) in [6, 6.07) is 1.68. The third-order valence-corrected chi connectivity index (χ3v) is 4.07. The first-order chi connectivity index (χ1) is 9.30. The van der Waals surface area contributed by atoms with E-state index in [2.05, 4.69) is 4.98 Å². The molecule has 110 valence electrons. The Labute approximate surface area is 116 Å². The lowest BCUT2D eigenvalue weighted by atomic mass is 10.1. The topological polar surface area (TPSA) is 76.6 Å². The van der Waals surface area contributed by atoms with E-state index in [0.717, 1.165) is 5.56 Å². The number of ether oxygens (including phenoxy) is 1. The van der Waals surface area contributed by atoms with E-state index < -0.39 is 21.9 Å². The Hall–Kier alpha value is -1.70. The molecule has 0 aliphatic carbocycles. The van der Waals surface area contributed by atoms with Crippen molar-refractivity contribution in [3.8, 4) is 5.88 Å². The van der Waals surface area contributed by atoms with Crippen molar-refractivity contribution in [1.29, 1.82) is 0 Å². The molecule has 0 spiro atoms. The highest BCUT2D eigenvalue weighted by atomic mass is 32.3. The summed E-state index contributed by atoms with van der Waals surface area (Å²) in [7, 11) is -3.08. The van der Waals surface area contributed by atoms with Crippen molar-refractivity contribution < 1.29 is 21.8 Å². The molecule has 0 N–H and O–H groups in total. The highest BCUT2D eigenvalue weighted by Crippen LogP contribution is 2.29. The first-order valence-corrected chi connectivity index (χ1v) is 7.59. The molecule has 1 unspecified atom stereocenters. The predicted octanol–water partition coefficient (Wildman–Crippen LogP) is 1.05. The predicted molar refractivity (Wildman–Crippen MR) is 70.9 cm³/mol. The van der Waals surface area contributed by atoms with E-state index in [1.165, 1.54) is 18.2 Å². The van der Waals surface area contributed by atoms with Gasteiger partial charge < -0.3 is 9.64 Å². The number of carbonyl (C=O) groups excluding carboxylic acids is 1. The molecular formula is C12H15FN2O4S. The van der Waals surface area contributed by atoms with E-state index in [4.69, 9.17) is 4.74 Å². The molecule has 1 saturated heterocycles. The Morgan fingerprint density at radius 1 is 1.55 bits per heavy atom. The molecule has 1 atom stereocenters. The minimum absolute atomic E-state index is 0.0224. The number of hydrogen-bond donors (Lipinski definition) is 0. The average molecular weight is 302 g/mol. The van der Waals surface area contributed by atoms with Crippen molar-refractivity contribution in [2.24, 2.45) is 5.92 Å². The second kappa shape index (κ2) is 5.35. The summed E-state index contributed by atoms with van der Waals surface area (Å²) in [4.78, 5) is 17.4. The first-order valence-electron chi connectivity index (χ1n) is 6.03. The normalized spacial score (nSPS) is 19.4. The summed E-state index contributed by atoms with van der Waals surface area (Å²) in [6.07, 6.45) is 1.52. The van der Waals surface area contributed by atoms with Gasteiger partial charge >= 0.3 is 10.2 Å². The van der Waals surface area contributed by atoms with Gasteiger partial charge in [-0.05, 0) is 12.5 Å². The van der Waals surface area contributed by atoms with Crippen molar-refractivity contribution >= 4 is 21.8 Å². The van der Waals surface area contributed by atoms with Gasteiger partial charge in [0.2, 0.25) is 11.8 Å². The first kappa shape index (κ1) is 14.7. The lowest BCUT2D eigenvalue weighted by Crippen LogP contribution is -2.26. The smallest absolute Gasteiger partial charge is 0.302 e. The number of halogens is 1. The Balaban J connectivity index is 2.20. The van der Waals surface area contributed by atoms with E-state index in [1.54, 1.807) is 13.0 Å². The standard InChI is InChI=1S/C12H15FN2O4S/c1-8-3-11(19-2)14-5-10(8)15-6-9(4-12(15)16)7-20(13,17)18/h3,5,9H,4,6-7H2,1-2H3. The largest absolute Gasteiger partial charge is 0.481 e. The molecule has 1 amide bonds. The van der Waals surface area contributed by atoms with Gasteiger partial charge in [-0.3, -0.25) is 4.79 Å². The number of rotatable bonds is 4. The van der Waals surface area contributed by atoms with Crippen LogP contribution in [-0.4, -0.2) is 38.7 Å². The summed E-state index contributed by atoms with van der Waals surface area (Å²) >= 11 is 0. The zero-order chi connectivity index (χ0) is 14.9. The van der Waals surface area contributed by atoms with E-state index in [0.29, 0.717) is 11.6 Å². The van der Waals surface area contributed by atoms with Crippen LogP contribution in [0.25, 0.3) is 0 Å². The van der Waals surface area contributed by atoms with Crippen LogP contribution in [0, 0.1) is 12.8 Å². The quantitative estimate of drug-likeness (QED) is 0.777. The van der Waals surface area contributed by atoms with Gasteiger partial charge in [0, 0.05) is 24.9 Å². The monoisotopic (exact) mass is 302 g/mol. The summed E-state index contributed by atoms with van der Waals surface area (Å²) in [5, 5.41) is 0. The van der Waals surface area contributed by atoms with E-state index in [1.807, 2.05) is 0 Å². The highest BCUT2D eigenvalue weighted by molar-refractivity contribution is 7.86. The van der Waals surface area contributed by atoms with Crippen LogP contribution in [-0.2, 0) is 15.0 Å². The Morgan fingerprint density at radius 2 is 2.25 bits per heavy atom. The number of aryl methyl sites for hydroxylation is 1. The number of amides is 1. The fraction of sp³-hybridized carbons (Fsp3) is 0.500. The second-order valence-electron chi connectivity index (χ2n) is 4.79. The lowest BCUT2D eigenvalue weighted by molar-refractivity contribution is -0.117. The third-order valence-electron chi connectivity index (χ3n) is 3.20. The number of anilines is 1. The van der Waals surface area contributed by atoms with Crippen molar-refractivity contribution in [2.45, 2.75) is 13.3 Å². The third kappa shape index (κ3) is 3.24. The van der Waals surface area contributed by atoms with Crippen molar-refractivity contribution in [1.82, 2.24) is 4.98 Å². The molecule has 20 heavy (non-hydrogen) atoms. The molecule has 0 radical (unpaired) electrons. The number of nitrogens with zero attached hydrogens (tertiary/aromatic N) is 2. The van der Waals surface area contributed by atoms with Crippen LogP contribution < -0.4 is 9.64 Å². The fourth-order valence-corrected chi connectivity index (χ4v) is 3.11. The maximum absolute atomic E-state index is 12.7. The van der Waals surface area contributed by atoms with Gasteiger partial charge in [-0.15, -0.1) is 3.89 Å². The van der Waals surface area contributed by atoms with Crippen LogP contribution in [0.15, 0.2) is 12.3 Å². The van der Waals surface area contributed by atoms with E-state index in [-0.39, 0.29) is 18.9 Å². The van der Waals surface area contributed by atoms with Gasteiger partial charge in [-0.2, -0.15) is 8.42 Å². The molecule has 0 saturated carbocycles. The zero-order valence-electron chi connectivity index (χ0n) is 11.2. The molecule has 1 aromatic heterocycles. The number of carbonyl (C=O) groups is 1. The number of pyridine rings is 1. The van der Waals surface area contributed by atoms with Crippen molar-refractivity contribution in [2.75, 3.05) is 24.3 Å². The maximum atomic E-state index is 12.7. The zero-order valence-corrected chi connectivity index (χ0v) is 12.0. The Bertz CT molecular complexity index is 632. The van der Waals surface area contributed by atoms with Gasteiger partial charge in [0.25, 0.3) is 0 Å². The average Bonchev–Trinajstić information content (AvgIpc) is 2.67. The molecule has 8 heteroatoms. The number of hydrogen-bond acceptors (Lipinski definition) is 5. The summed E-state index contributed by atoms with van der Waals surface area (Å²) in [5.74, 6) is -0.953. The van der Waals surface area contributed by atoms with Crippen LogP contribution in [0.1, 0.15) is 12.0 Å². The molecule has 1 fully saturated rings. The molecular weight excluding hydrogens is 287 g/mol. The molecule has 1 aliphatic heterocycles. The number of aromatic nitrogens is 1. The van der Waals surface area contributed by atoms with Crippen LogP contribution in [0.4, 0.5) is 9.57 Å². The van der Waals surface area contributed by atoms with Crippen molar-refractivity contribution in [3.05, 3.63) is 17.8 Å². The molecule has 2 rings (SSSR count). The maximum Gasteiger partial charge on any atom is 0.302 e.